The summed E-state index contributed by atoms with van der Waals surface area (Å²) in [5.41, 5.74) is 9.78. The van der Waals surface area contributed by atoms with Gasteiger partial charge in [-0.3, -0.25) is 0 Å². The van der Waals surface area contributed by atoms with Gasteiger partial charge in [0.2, 0.25) is 0 Å². The molecule has 0 bridgehead atoms. The van der Waals surface area contributed by atoms with Crippen LogP contribution in [0, 0.1) is 6.92 Å². The van der Waals surface area contributed by atoms with Gasteiger partial charge in [-0.25, -0.2) is 0 Å². The highest BCUT2D eigenvalue weighted by molar-refractivity contribution is 5.55. The lowest BCUT2D eigenvalue weighted by Gasteiger charge is -2.40. The fraction of sp³-hybridized carbons (Fsp3) is 0.625. The molecule has 0 radical (unpaired) electrons. The van der Waals surface area contributed by atoms with Crippen molar-refractivity contribution in [3.8, 4) is 0 Å². The lowest BCUT2D eigenvalue weighted by Crippen LogP contribution is -2.48. The van der Waals surface area contributed by atoms with Crippen molar-refractivity contribution in [2.75, 3.05) is 24.6 Å². The standard InChI is InChI=1S/C16H26N2O/c1-12-9-14(10-13(2)17)5-6-15(12)18-7-8-19-16(3,4)11-18/h5-6,9,13H,7-8,10-11,17H2,1-4H3. The number of hydrogen-bond acceptors (Lipinski definition) is 3. The molecule has 1 fully saturated rings. The van der Waals surface area contributed by atoms with Crippen LogP contribution < -0.4 is 10.6 Å². The largest absolute Gasteiger partial charge is 0.372 e. The minimum absolute atomic E-state index is 0.0604. The van der Waals surface area contributed by atoms with Gasteiger partial charge in [-0.1, -0.05) is 12.1 Å². The fourth-order valence-electron chi connectivity index (χ4n) is 2.79. The molecular formula is C16H26N2O. The van der Waals surface area contributed by atoms with E-state index < -0.39 is 0 Å². The Hall–Kier alpha value is -1.06. The molecule has 0 aromatic heterocycles. The van der Waals surface area contributed by atoms with Gasteiger partial charge in [-0.15, -0.1) is 0 Å². The smallest absolute Gasteiger partial charge is 0.0801 e. The van der Waals surface area contributed by atoms with Gasteiger partial charge in [0.25, 0.3) is 0 Å². The molecular weight excluding hydrogens is 236 g/mol. The average molecular weight is 262 g/mol. The summed E-state index contributed by atoms with van der Waals surface area (Å²) < 4.78 is 5.78. The van der Waals surface area contributed by atoms with Gasteiger partial charge in [0.05, 0.1) is 12.2 Å². The quantitative estimate of drug-likeness (QED) is 0.909. The molecule has 1 aromatic carbocycles. The van der Waals surface area contributed by atoms with Crippen molar-refractivity contribution in [3.63, 3.8) is 0 Å². The van der Waals surface area contributed by atoms with Crippen LogP contribution in [0.4, 0.5) is 5.69 Å². The molecule has 1 saturated heterocycles. The van der Waals surface area contributed by atoms with Crippen molar-refractivity contribution in [2.45, 2.75) is 45.8 Å². The zero-order chi connectivity index (χ0) is 14.0. The lowest BCUT2D eigenvalue weighted by atomic mass is 10.0. The van der Waals surface area contributed by atoms with Crippen LogP contribution in [-0.4, -0.2) is 31.3 Å². The van der Waals surface area contributed by atoms with Crippen molar-refractivity contribution in [1.82, 2.24) is 0 Å². The molecule has 0 saturated carbocycles. The van der Waals surface area contributed by atoms with E-state index in [1.807, 2.05) is 6.92 Å². The Balaban J connectivity index is 2.16. The second kappa shape index (κ2) is 5.51. The predicted molar refractivity (Wildman–Crippen MR) is 80.8 cm³/mol. The van der Waals surface area contributed by atoms with Gasteiger partial charge < -0.3 is 15.4 Å². The number of nitrogens with two attached hydrogens (primary N) is 1. The molecule has 3 nitrogen and oxygen atoms in total. The Kier molecular flexibility index (Phi) is 4.16. The summed E-state index contributed by atoms with van der Waals surface area (Å²) in [6.07, 6.45) is 0.940. The van der Waals surface area contributed by atoms with Crippen LogP contribution in [-0.2, 0) is 11.2 Å². The molecule has 0 aliphatic carbocycles. The molecule has 2 rings (SSSR count). The maximum Gasteiger partial charge on any atom is 0.0801 e. The number of benzene rings is 1. The van der Waals surface area contributed by atoms with Gasteiger partial charge in [-0.05, 0) is 51.3 Å². The van der Waals surface area contributed by atoms with Crippen molar-refractivity contribution in [3.05, 3.63) is 29.3 Å². The zero-order valence-electron chi connectivity index (χ0n) is 12.6. The third kappa shape index (κ3) is 3.71. The lowest BCUT2D eigenvalue weighted by molar-refractivity contribution is -0.0277. The molecule has 0 spiro atoms. The van der Waals surface area contributed by atoms with Crippen LogP contribution in [0.1, 0.15) is 31.9 Å². The number of aryl methyl sites for hydroxylation is 1. The molecule has 3 heteroatoms. The third-order valence-corrected chi connectivity index (χ3v) is 3.59. The van der Waals surface area contributed by atoms with Crippen molar-refractivity contribution < 1.29 is 4.74 Å². The maximum atomic E-state index is 5.86. The van der Waals surface area contributed by atoms with Crippen molar-refractivity contribution >= 4 is 5.69 Å². The first-order chi connectivity index (χ1) is 8.87. The van der Waals surface area contributed by atoms with Gasteiger partial charge in [-0.2, -0.15) is 0 Å². The first kappa shape index (κ1) is 14.4. The van der Waals surface area contributed by atoms with Crippen LogP contribution in [0.2, 0.25) is 0 Å². The van der Waals surface area contributed by atoms with E-state index >= 15 is 0 Å². The summed E-state index contributed by atoms with van der Waals surface area (Å²) in [5.74, 6) is 0. The topological polar surface area (TPSA) is 38.5 Å². The highest BCUT2D eigenvalue weighted by Gasteiger charge is 2.27. The van der Waals surface area contributed by atoms with Gasteiger partial charge in [0.1, 0.15) is 0 Å². The minimum Gasteiger partial charge on any atom is -0.372 e. The monoisotopic (exact) mass is 262 g/mol. The molecule has 2 N–H and O–H groups in total. The van der Waals surface area contributed by atoms with E-state index in [2.05, 4.69) is 43.9 Å². The molecule has 1 aliphatic heterocycles. The number of hydrogen-bond donors (Lipinski definition) is 1. The number of ether oxygens (including phenoxy) is 1. The van der Waals surface area contributed by atoms with E-state index in [-0.39, 0.29) is 11.6 Å². The zero-order valence-corrected chi connectivity index (χ0v) is 12.6. The summed E-state index contributed by atoms with van der Waals surface area (Å²) in [6, 6.07) is 6.91. The highest BCUT2D eigenvalue weighted by Crippen LogP contribution is 2.26. The van der Waals surface area contributed by atoms with Gasteiger partial charge in [0, 0.05) is 24.8 Å². The Morgan fingerprint density at radius 2 is 2.16 bits per heavy atom. The van der Waals surface area contributed by atoms with E-state index in [1.165, 1.54) is 16.8 Å². The van der Waals surface area contributed by atoms with Crippen LogP contribution in [0.25, 0.3) is 0 Å². The van der Waals surface area contributed by atoms with Crippen molar-refractivity contribution in [2.24, 2.45) is 5.73 Å². The average Bonchev–Trinajstić information content (AvgIpc) is 2.26. The Morgan fingerprint density at radius 1 is 1.42 bits per heavy atom. The second-order valence-electron chi connectivity index (χ2n) is 6.33. The van der Waals surface area contributed by atoms with Gasteiger partial charge >= 0.3 is 0 Å². The summed E-state index contributed by atoms with van der Waals surface area (Å²) >= 11 is 0. The Bertz CT molecular complexity index is 440. The summed E-state index contributed by atoms with van der Waals surface area (Å²) in [7, 11) is 0. The first-order valence-corrected chi connectivity index (χ1v) is 7.11. The fourth-order valence-corrected chi connectivity index (χ4v) is 2.79. The molecule has 1 aliphatic rings. The second-order valence-corrected chi connectivity index (χ2v) is 6.33. The summed E-state index contributed by atoms with van der Waals surface area (Å²) in [6.45, 7) is 11.2. The number of morpholine rings is 1. The van der Waals surface area contributed by atoms with Crippen LogP contribution in [0.3, 0.4) is 0 Å². The van der Waals surface area contributed by atoms with Crippen LogP contribution in [0.5, 0.6) is 0 Å². The SMILES string of the molecule is Cc1cc(CC(C)N)ccc1N1CCOC(C)(C)C1. The molecule has 1 aromatic rings. The van der Waals surface area contributed by atoms with E-state index in [9.17, 15) is 0 Å². The third-order valence-electron chi connectivity index (χ3n) is 3.59. The van der Waals surface area contributed by atoms with E-state index in [1.54, 1.807) is 0 Å². The molecule has 1 heterocycles. The molecule has 1 unspecified atom stereocenters. The normalized spacial score (nSPS) is 20.4. The maximum absolute atomic E-state index is 5.86. The Morgan fingerprint density at radius 3 is 2.74 bits per heavy atom. The number of nitrogens with zero attached hydrogens (tertiary/aromatic N) is 1. The van der Waals surface area contributed by atoms with Crippen molar-refractivity contribution in [1.29, 1.82) is 0 Å². The van der Waals surface area contributed by atoms with Crippen LogP contribution >= 0.6 is 0 Å². The summed E-state index contributed by atoms with van der Waals surface area (Å²) in [5, 5.41) is 0. The Labute approximate surface area is 116 Å². The highest BCUT2D eigenvalue weighted by atomic mass is 16.5. The van der Waals surface area contributed by atoms with E-state index in [4.69, 9.17) is 10.5 Å². The molecule has 0 amide bonds. The number of rotatable bonds is 3. The molecule has 19 heavy (non-hydrogen) atoms. The first-order valence-electron chi connectivity index (χ1n) is 7.11. The summed E-state index contributed by atoms with van der Waals surface area (Å²) in [4.78, 5) is 2.43. The molecule has 106 valence electrons. The minimum atomic E-state index is -0.0604. The van der Waals surface area contributed by atoms with E-state index in [0.717, 1.165) is 26.1 Å². The predicted octanol–water partition coefficient (Wildman–Crippen LogP) is 2.50. The van der Waals surface area contributed by atoms with Gasteiger partial charge in [0.15, 0.2) is 0 Å². The van der Waals surface area contributed by atoms with E-state index in [0.29, 0.717) is 0 Å². The number of anilines is 1. The molecule has 1 atom stereocenters. The van der Waals surface area contributed by atoms with Crippen LogP contribution in [0.15, 0.2) is 18.2 Å².